The first kappa shape index (κ1) is 113. The molecule has 0 aromatic heterocycles. The van der Waals surface area contributed by atoms with Crippen molar-refractivity contribution in [1.82, 2.24) is 10.4 Å². The molecule has 12 nitrogen and oxygen atoms in total. The van der Waals surface area contributed by atoms with Crippen LogP contribution in [0.2, 0.25) is 0 Å². The Kier molecular flexibility index (Phi) is 128. The zero-order valence-corrected chi connectivity index (χ0v) is 69.0. The zero-order valence-electron chi connectivity index (χ0n) is 65.9. The van der Waals surface area contributed by atoms with E-state index in [1.165, 1.54) is 199 Å². The van der Waals surface area contributed by atoms with Crippen molar-refractivity contribution in [2.24, 2.45) is 40.5 Å². The van der Waals surface area contributed by atoms with Crippen molar-refractivity contribution in [2.45, 2.75) is 373 Å². The quantitative estimate of drug-likeness (QED) is 0.0113. The van der Waals surface area contributed by atoms with Gasteiger partial charge in [0, 0.05) is 53.3 Å². The van der Waals surface area contributed by atoms with E-state index in [1.807, 2.05) is 41.0 Å². The van der Waals surface area contributed by atoms with Crippen molar-refractivity contribution >= 4 is 30.5 Å². The number of aliphatic hydroxyl groups excluding tert-OH is 1. The average molecular weight is 1340 g/mol. The largest absolute Gasteiger partial charge is 1.00 e. The Balaban J connectivity index is -0.000000109. The van der Waals surface area contributed by atoms with Crippen LogP contribution in [-0.2, 0) is 33.5 Å². The van der Waals surface area contributed by atoms with E-state index in [0.29, 0.717) is 37.0 Å². The van der Waals surface area contributed by atoms with Crippen LogP contribution in [0.4, 0.5) is 0 Å². The summed E-state index contributed by atoms with van der Waals surface area (Å²) >= 11 is 0. The van der Waals surface area contributed by atoms with Gasteiger partial charge in [0.25, 0.3) is 0 Å². The molecule has 92 heavy (non-hydrogen) atoms. The fraction of sp³-hybridized carbons (Fsp3) is 0.911. The maximum absolute atomic E-state index is 12.5. The number of hydrogen-bond donors (Lipinski definition) is 2. The second-order valence-corrected chi connectivity index (χ2v) is 25.3. The number of aldehydes is 2. The van der Waals surface area contributed by atoms with Gasteiger partial charge in [-0.05, 0) is 102 Å². The predicted molar refractivity (Wildman–Crippen MR) is 401 cm³/mol. The molecule has 1 aliphatic heterocycles. The Morgan fingerprint density at radius 3 is 1.46 bits per heavy atom. The van der Waals surface area contributed by atoms with Gasteiger partial charge in [0.15, 0.2) is 0 Å². The first-order valence-corrected chi connectivity index (χ1v) is 38.1. The number of aliphatic hydroxyl groups is 1. The molecular weight excluding hydrogens is 1170 g/mol. The molecule has 0 amide bonds. The molecule has 0 saturated carbocycles. The minimum absolute atomic E-state index is 0. The summed E-state index contributed by atoms with van der Waals surface area (Å²) in [5.41, 5.74) is 3.07. The second kappa shape index (κ2) is 104. The molecule has 0 spiro atoms. The van der Waals surface area contributed by atoms with Gasteiger partial charge in [-0.2, -0.15) is 12.3 Å². The van der Waals surface area contributed by atoms with Gasteiger partial charge in [0.05, 0.1) is 12.5 Å². The molecule has 3 N–H and O–H groups in total. The van der Waals surface area contributed by atoms with Crippen molar-refractivity contribution in [2.75, 3.05) is 61.2 Å². The molecule has 7 atom stereocenters. The number of unbranched alkanes of at least 4 members (excludes halogenated alkanes) is 23. The monoisotopic (exact) mass is 1340 g/mol. The Morgan fingerprint density at radius 1 is 0.641 bits per heavy atom. The Labute approximate surface area is 620 Å². The molecule has 7 unspecified atom stereocenters. The Hall–Kier alpha value is -0.454. The zero-order chi connectivity index (χ0) is 70.0. The maximum Gasteiger partial charge on any atom is 1.00 e. The molecule has 1 fully saturated rings. The molecular formula is C79H166KN3O9-2. The number of hydrogen-bond acceptors (Lipinski definition) is 12. The van der Waals surface area contributed by atoms with Crippen LogP contribution in [0.5, 0.6) is 0 Å². The van der Waals surface area contributed by atoms with Gasteiger partial charge in [-0.3, -0.25) is 9.59 Å². The van der Waals surface area contributed by atoms with Gasteiger partial charge < -0.3 is 58.2 Å². The van der Waals surface area contributed by atoms with E-state index < -0.39 is 0 Å². The summed E-state index contributed by atoms with van der Waals surface area (Å²) in [6.07, 6.45) is 54.6. The van der Waals surface area contributed by atoms with E-state index in [0.717, 1.165) is 97.5 Å². The van der Waals surface area contributed by atoms with Crippen molar-refractivity contribution < 1.29 is 95.5 Å². The van der Waals surface area contributed by atoms with Gasteiger partial charge in [-0.25, -0.2) is 5.48 Å². The first-order chi connectivity index (χ1) is 43.5. The van der Waals surface area contributed by atoms with Gasteiger partial charge in [0.1, 0.15) is 24.5 Å². The van der Waals surface area contributed by atoms with Crippen LogP contribution in [0.15, 0.2) is 4.99 Å². The average Bonchev–Trinajstić information content (AvgIpc) is 3.72. The van der Waals surface area contributed by atoms with E-state index in [-0.39, 0.29) is 92.5 Å². The number of nitrogens with zero attached hydrogens (tertiary/aromatic N) is 2. The topological polar surface area (TPSA) is 174 Å². The maximum atomic E-state index is 12.5. The minimum Gasteiger partial charge on any atom is -0.870 e. The number of Topliss-reactive ketones (excluding diaryl/α,β-unsaturated/α-hetero) is 1. The molecule has 0 bridgehead atoms. The van der Waals surface area contributed by atoms with Gasteiger partial charge >= 0.3 is 57.4 Å². The number of ether oxygens (including phenoxy) is 2. The Bertz CT molecular complexity index is 1300. The summed E-state index contributed by atoms with van der Waals surface area (Å²) in [6, 6.07) is 0. The van der Waals surface area contributed by atoms with Crippen LogP contribution in [-0.4, -0.2) is 113 Å². The van der Waals surface area contributed by atoms with E-state index in [4.69, 9.17) is 19.4 Å². The number of likely N-dealkylation sites (tertiary alicyclic amines) is 1. The summed E-state index contributed by atoms with van der Waals surface area (Å²) in [7, 11) is 6.71. The van der Waals surface area contributed by atoms with Crippen LogP contribution < -0.4 is 56.9 Å². The van der Waals surface area contributed by atoms with E-state index in [2.05, 4.69) is 112 Å². The van der Waals surface area contributed by atoms with Crippen LogP contribution in [0, 0.1) is 49.4 Å². The van der Waals surface area contributed by atoms with Crippen molar-refractivity contribution in [1.29, 1.82) is 0 Å². The molecule has 0 radical (unpaired) electrons. The molecule has 0 aromatic carbocycles. The number of aliphatic imine (C=N–C) groups is 1. The van der Waals surface area contributed by atoms with E-state index in [1.54, 1.807) is 7.11 Å². The van der Waals surface area contributed by atoms with Gasteiger partial charge in [-0.15, -0.1) is 0 Å². The number of methoxy groups -OCH3 is 1. The number of likely N-dealkylation sites (N-methyl/N-ethyl adjacent to an activating group) is 1. The fourth-order valence-corrected chi connectivity index (χ4v) is 9.52. The molecule has 1 heterocycles. The molecule has 0 aliphatic carbocycles. The second-order valence-electron chi connectivity index (χ2n) is 25.3. The van der Waals surface area contributed by atoms with Gasteiger partial charge in [0.2, 0.25) is 0 Å². The summed E-state index contributed by atoms with van der Waals surface area (Å²) in [5.74, 6) is 2.11. The SMILES string of the molecule is CCC(C)C=O.CCCCC(CC)C(C)C(C)C(=O)OC1CCCCN(C)C1.CCCCCCCCC.CCCCCCCCC.CCCCCCCCNOCC(CC)CC=NC.CCCCCCCCOC.CO.[CH2-]C(CC=O)CC(=O)CCC.[CH2-]CC.[K+].[OH-]. The third-order valence-electron chi connectivity index (χ3n) is 16.2. The van der Waals surface area contributed by atoms with Crippen molar-refractivity contribution in [3.05, 3.63) is 13.8 Å². The van der Waals surface area contributed by atoms with Crippen LogP contribution in [0.25, 0.3) is 0 Å². The number of rotatable bonds is 48. The van der Waals surface area contributed by atoms with Crippen molar-refractivity contribution in [3.8, 4) is 0 Å². The molecule has 1 saturated heterocycles. The van der Waals surface area contributed by atoms with Crippen LogP contribution in [0.3, 0.4) is 0 Å². The fourth-order valence-electron chi connectivity index (χ4n) is 9.52. The van der Waals surface area contributed by atoms with Gasteiger partial charge in [-0.1, -0.05) is 290 Å². The summed E-state index contributed by atoms with van der Waals surface area (Å²) in [5, 5.41) is 7.00. The standard InChI is InChI=1S/C19H37NO2.C15H32N2O.C9H15O2.C9H20O.2C9H20.C5H10O.C3H7.CH4O.K.H2O/c1-6-8-11-17(7-2)15(3)16(4)19(21)22-18-12-9-10-13-20(5)14-18;1-4-6-7-8-9-10-12-17-18-14-15(5-2)11-13-16-3;1-3-4-9(11)7-8(2)5-6-10;1-3-4-5-6-7-8-9-10-2;2*1-3-5-7-9-8-6-4-2;1-3-5(2)4-6;1-3-2;1-2;;/h15-18H,6-14H2,1-5H3;13,15,17H,4-12,14H2,1-3H3;6,8H,2-5,7H2,1H3;3-9H2,1-2H3;2*3-9H2,1-2H3;4-5H,3H2,1-2H3;1,3H2,2H3;2H,1H3;;1H2/q;;-1;;;;;-1;;+1;/p-1. The minimum atomic E-state index is -0.0217. The third-order valence-corrected chi connectivity index (χ3v) is 16.2. The number of nitrogens with one attached hydrogen (secondary N) is 1. The molecule has 13 heteroatoms. The predicted octanol–water partition coefficient (Wildman–Crippen LogP) is 19.7. The number of hydroxylamine groups is 1. The first-order valence-electron chi connectivity index (χ1n) is 38.1. The molecule has 1 rings (SSSR count). The summed E-state index contributed by atoms with van der Waals surface area (Å²) in [6.45, 7) is 44.3. The van der Waals surface area contributed by atoms with E-state index in [9.17, 15) is 19.2 Å². The molecule has 554 valence electrons. The third kappa shape index (κ3) is 103. The summed E-state index contributed by atoms with van der Waals surface area (Å²) < 4.78 is 10.8. The number of carbonyl (C=O) groups excluding carboxylic acids is 4. The molecule has 0 aromatic rings. The summed E-state index contributed by atoms with van der Waals surface area (Å²) in [4.78, 5) is 55.0. The smallest absolute Gasteiger partial charge is 0.870 e. The molecule has 1 aliphatic rings. The number of ketones is 1. The normalized spacial score (nSPS) is 14.1. The van der Waals surface area contributed by atoms with Crippen LogP contribution >= 0.6 is 0 Å². The number of esters is 1. The Morgan fingerprint density at radius 2 is 1.09 bits per heavy atom. The van der Waals surface area contributed by atoms with Crippen LogP contribution in [0.1, 0.15) is 367 Å². The van der Waals surface area contributed by atoms with Crippen molar-refractivity contribution in [3.63, 3.8) is 0 Å². The van der Waals surface area contributed by atoms with E-state index >= 15 is 0 Å². The number of carbonyl (C=O) groups is 4.